The second kappa shape index (κ2) is 7.92. The van der Waals surface area contributed by atoms with E-state index in [0.29, 0.717) is 21.0 Å². The summed E-state index contributed by atoms with van der Waals surface area (Å²) in [6, 6.07) is 8.40. The van der Waals surface area contributed by atoms with Crippen molar-refractivity contribution in [1.29, 1.82) is 0 Å². The first-order valence-electron chi connectivity index (χ1n) is 8.48. The molecule has 0 aromatic heterocycles. The third-order valence-corrected chi connectivity index (χ3v) is 5.37. The summed E-state index contributed by atoms with van der Waals surface area (Å²) in [6.45, 7) is 0.803. The Morgan fingerprint density at radius 3 is 2.57 bits per heavy atom. The molecule has 1 atom stereocenters. The Labute approximate surface area is 182 Å². The molecule has 0 bridgehead atoms. The summed E-state index contributed by atoms with van der Waals surface area (Å²) < 4.78 is 39.3. The van der Waals surface area contributed by atoms with Crippen LogP contribution in [0.3, 0.4) is 0 Å². The van der Waals surface area contributed by atoms with Gasteiger partial charge in [-0.1, -0.05) is 39.7 Å². The van der Waals surface area contributed by atoms with Crippen LogP contribution in [0, 0.1) is 0 Å². The van der Waals surface area contributed by atoms with E-state index in [1.54, 1.807) is 24.3 Å². The average Bonchev–Trinajstić information content (AvgIpc) is 2.87. The van der Waals surface area contributed by atoms with Crippen molar-refractivity contribution < 1.29 is 27.6 Å². The summed E-state index contributed by atoms with van der Waals surface area (Å²) in [5, 5.41) is 4.64. The van der Waals surface area contributed by atoms with E-state index in [9.17, 15) is 27.6 Å². The topological polar surface area (TPSA) is 78.5 Å². The van der Waals surface area contributed by atoms with Crippen molar-refractivity contribution >= 4 is 51.1 Å². The Hall–Kier alpha value is -2.59. The first-order chi connectivity index (χ1) is 13.9. The van der Waals surface area contributed by atoms with E-state index in [1.807, 2.05) is 0 Å². The third kappa shape index (κ3) is 4.29. The van der Waals surface area contributed by atoms with Crippen molar-refractivity contribution in [2.75, 3.05) is 11.9 Å². The van der Waals surface area contributed by atoms with Gasteiger partial charge in [-0.25, -0.2) is 4.79 Å². The standard InChI is InChI=1S/C19H14BrClF3N3O3/c1-18(10-3-2-4-12(20)7-10)16(29)27(17(30)26-18)9-15(28)25-14-8-11(19(22,23)24)5-6-13(14)21/h2-8H,9H2,1H3,(H,25,28)(H,26,30)/t18-/m0/s1. The molecule has 158 valence electrons. The molecular weight excluding hydrogens is 491 g/mol. The minimum absolute atomic E-state index is 0.118. The molecule has 1 aliphatic rings. The number of carbonyl (C=O) groups is 3. The Bertz CT molecular complexity index is 1050. The van der Waals surface area contributed by atoms with Crippen LogP contribution in [-0.4, -0.2) is 29.3 Å². The molecule has 0 unspecified atom stereocenters. The van der Waals surface area contributed by atoms with Crippen LogP contribution in [0.5, 0.6) is 0 Å². The fourth-order valence-electron chi connectivity index (χ4n) is 2.97. The van der Waals surface area contributed by atoms with Crippen molar-refractivity contribution in [3.63, 3.8) is 0 Å². The SMILES string of the molecule is C[C@@]1(c2cccc(Br)c2)NC(=O)N(CC(=O)Nc2cc(C(F)(F)F)ccc2Cl)C1=O. The lowest BCUT2D eigenvalue weighted by molar-refractivity contribution is -0.137. The van der Waals surface area contributed by atoms with Gasteiger partial charge in [0.05, 0.1) is 16.3 Å². The van der Waals surface area contributed by atoms with Gasteiger partial charge in [-0.2, -0.15) is 13.2 Å². The number of nitrogens with zero attached hydrogens (tertiary/aromatic N) is 1. The molecule has 4 amide bonds. The van der Waals surface area contributed by atoms with Crippen molar-refractivity contribution in [1.82, 2.24) is 10.2 Å². The molecule has 0 aliphatic carbocycles. The van der Waals surface area contributed by atoms with E-state index in [4.69, 9.17) is 11.6 Å². The van der Waals surface area contributed by atoms with Crippen LogP contribution in [0.25, 0.3) is 0 Å². The molecule has 30 heavy (non-hydrogen) atoms. The van der Waals surface area contributed by atoms with E-state index < -0.39 is 41.7 Å². The van der Waals surface area contributed by atoms with Gasteiger partial charge in [0, 0.05) is 4.47 Å². The minimum atomic E-state index is -4.62. The number of anilines is 1. The third-order valence-electron chi connectivity index (χ3n) is 4.55. The second-order valence-electron chi connectivity index (χ2n) is 6.70. The molecule has 6 nitrogen and oxygen atoms in total. The molecule has 2 aromatic rings. The molecule has 1 fully saturated rings. The van der Waals surface area contributed by atoms with Gasteiger partial charge in [0.1, 0.15) is 12.1 Å². The number of alkyl halides is 3. The maximum atomic E-state index is 12.9. The fraction of sp³-hybridized carbons (Fsp3) is 0.211. The number of nitrogens with one attached hydrogen (secondary N) is 2. The van der Waals surface area contributed by atoms with E-state index in [0.717, 1.165) is 12.1 Å². The zero-order valence-electron chi connectivity index (χ0n) is 15.3. The Morgan fingerprint density at radius 1 is 1.23 bits per heavy atom. The largest absolute Gasteiger partial charge is 0.416 e. The molecule has 11 heteroatoms. The zero-order chi connectivity index (χ0) is 22.3. The molecule has 1 heterocycles. The quantitative estimate of drug-likeness (QED) is 0.601. The van der Waals surface area contributed by atoms with Gasteiger partial charge in [0.25, 0.3) is 5.91 Å². The Morgan fingerprint density at radius 2 is 1.93 bits per heavy atom. The number of carbonyl (C=O) groups excluding carboxylic acids is 3. The zero-order valence-corrected chi connectivity index (χ0v) is 17.7. The molecule has 0 saturated carbocycles. The normalized spacial score (nSPS) is 19.1. The van der Waals surface area contributed by atoms with E-state index in [1.165, 1.54) is 6.92 Å². The minimum Gasteiger partial charge on any atom is -0.323 e. The molecular formula is C19H14BrClF3N3O3. The lowest BCUT2D eigenvalue weighted by Crippen LogP contribution is -2.42. The summed E-state index contributed by atoms with van der Waals surface area (Å²) in [6.07, 6.45) is -4.62. The van der Waals surface area contributed by atoms with Crippen LogP contribution < -0.4 is 10.6 Å². The van der Waals surface area contributed by atoms with Gasteiger partial charge in [-0.15, -0.1) is 0 Å². The number of imide groups is 1. The van der Waals surface area contributed by atoms with Crippen LogP contribution in [0.2, 0.25) is 5.02 Å². The molecule has 2 N–H and O–H groups in total. The Balaban J connectivity index is 1.78. The first kappa shape index (κ1) is 22.1. The van der Waals surface area contributed by atoms with Crippen LogP contribution in [-0.2, 0) is 21.3 Å². The Kier molecular flexibility index (Phi) is 5.83. The highest BCUT2D eigenvalue weighted by Crippen LogP contribution is 2.34. The molecule has 3 rings (SSSR count). The van der Waals surface area contributed by atoms with Gasteiger partial charge >= 0.3 is 12.2 Å². The maximum Gasteiger partial charge on any atom is 0.416 e. The molecule has 0 radical (unpaired) electrons. The highest BCUT2D eigenvalue weighted by Gasteiger charge is 2.49. The summed E-state index contributed by atoms with van der Waals surface area (Å²) in [5.41, 5.74) is -2.17. The van der Waals surface area contributed by atoms with Crippen LogP contribution in [0.1, 0.15) is 18.1 Å². The lowest BCUT2D eigenvalue weighted by atomic mass is 9.92. The van der Waals surface area contributed by atoms with Gasteiger partial charge in [-0.05, 0) is 42.8 Å². The van der Waals surface area contributed by atoms with Gasteiger partial charge in [0.15, 0.2) is 0 Å². The number of amides is 4. The summed E-state index contributed by atoms with van der Waals surface area (Å²) in [7, 11) is 0. The van der Waals surface area contributed by atoms with Crippen molar-refractivity contribution in [3.05, 3.63) is 63.1 Å². The predicted molar refractivity (Wildman–Crippen MR) is 107 cm³/mol. The number of benzene rings is 2. The van der Waals surface area contributed by atoms with Crippen LogP contribution in [0.15, 0.2) is 46.9 Å². The fourth-order valence-corrected chi connectivity index (χ4v) is 3.53. The average molecular weight is 505 g/mol. The molecule has 1 aliphatic heterocycles. The van der Waals surface area contributed by atoms with Crippen LogP contribution >= 0.6 is 27.5 Å². The van der Waals surface area contributed by atoms with Crippen molar-refractivity contribution in [2.24, 2.45) is 0 Å². The maximum absolute atomic E-state index is 12.9. The van der Waals surface area contributed by atoms with Gasteiger partial charge in [0.2, 0.25) is 5.91 Å². The molecule has 2 aromatic carbocycles. The summed E-state index contributed by atoms with van der Waals surface area (Å²) in [5.74, 6) is -1.55. The van der Waals surface area contributed by atoms with E-state index >= 15 is 0 Å². The van der Waals surface area contributed by atoms with Crippen molar-refractivity contribution in [2.45, 2.75) is 18.6 Å². The van der Waals surface area contributed by atoms with Gasteiger partial charge in [-0.3, -0.25) is 14.5 Å². The second-order valence-corrected chi connectivity index (χ2v) is 8.02. The monoisotopic (exact) mass is 503 g/mol. The molecule has 0 spiro atoms. The number of halogens is 5. The lowest BCUT2D eigenvalue weighted by Gasteiger charge is -2.22. The molecule has 1 saturated heterocycles. The van der Waals surface area contributed by atoms with Crippen molar-refractivity contribution in [3.8, 4) is 0 Å². The number of rotatable bonds is 4. The van der Waals surface area contributed by atoms with Gasteiger partial charge < -0.3 is 10.6 Å². The number of hydrogen-bond donors (Lipinski definition) is 2. The first-order valence-corrected chi connectivity index (χ1v) is 9.65. The van der Waals surface area contributed by atoms with E-state index in [-0.39, 0.29) is 10.7 Å². The number of hydrogen-bond acceptors (Lipinski definition) is 3. The highest BCUT2D eigenvalue weighted by molar-refractivity contribution is 9.10. The number of urea groups is 1. The highest BCUT2D eigenvalue weighted by atomic mass is 79.9. The smallest absolute Gasteiger partial charge is 0.323 e. The summed E-state index contributed by atoms with van der Waals surface area (Å²) >= 11 is 9.15. The van der Waals surface area contributed by atoms with E-state index in [2.05, 4.69) is 26.6 Å². The predicted octanol–water partition coefficient (Wildman–Crippen LogP) is 4.53. The van der Waals surface area contributed by atoms with Crippen LogP contribution in [0.4, 0.5) is 23.7 Å². The summed E-state index contributed by atoms with van der Waals surface area (Å²) in [4.78, 5) is 38.2.